The summed E-state index contributed by atoms with van der Waals surface area (Å²) in [5.41, 5.74) is 0. The number of benzene rings is 1. The Labute approximate surface area is 91.2 Å². The Morgan fingerprint density at radius 1 is 1.27 bits per heavy atom. The van der Waals surface area contributed by atoms with Crippen LogP contribution in [0.4, 0.5) is 0 Å². The quantitative estimate of drug-likeness (QED) is 0.733. The van der Waals surface area contributed by atoms with Crippen LogP contribution < -0.4 is 0 Å². The average Bonchev–Trinajstić information content (AvgIpc) is 1.98. The smallest absolute Gasteiger partial charge is 0.0336 e. The van der Waals surface area contributed by atoms with Crippen LogP contribution in [0.5, 0.6) is 0 Å². The minimum Gasteiger partial charge on any atom is -0.0923 e. The van der Waals surface area contributed by atoms with E-state index in [0.717, 1.165) is 8.95 Å². The molecule has 0 saturated heterocycles. The molecule has 0 aliphatic carbocycles. The standard InChI is InChI=1S/C7H6Br2S2/c1-10-11-7-4-5(8)2-3-6(7)9/h2-4H,1H3. The summed E-state index contributed by atoms with van der Waals surface area (Å²) in [7, 11) is 3.50. The van der Waals surface area contributed by atoms with E-state index in [2.05, 4.69) is 44.2 Å². The van der Waals surface area contributed by atoms with E-state index in [1.165, 1.54) is 4.90 Å². The van der Waals surface area contributed by atoms with Crippen molar-refractivity contribution in [3.63, 3.8) is 0 Å². The summed E-state index contributed by atoms with van der Waals surface area (Å²) in [5.74, 6) is 0. The van der Waals surface area contributed by atoms with Crippen molar-refractivity contribution in [2.24, 2.45) is 0 Å². The van der Waals surface area contributed by atoms with E-state index in [4.69, 9.17) is 0 Å². The van der Waals surface area contributed by atoms with Crippen molar-refractivity contribution in [2.75, 3.05) is 6.26 Å². The van der Waals surface area contributed by atoms with Crippen LogP contribution >= 0.6 is 53.4 Å². The minimum absolute atomic E-state index is 1.12. The van der Waals surface area contributed by atoms with Crippen LogP contribution in [0.15, 0.2) is 32.0 Å². The highest BCUT2D eigenvalue weighted by Gasteiger charge is 1.99. The highest BCUT2D eigenvalue weighted by Crippen LogP contribution is 2.35. The van der Waals surface area contributed by atoms with Crippen molar-refractivity contribution in [3.05, 3.63) is 27.1 Å². The highest BCUT2D eigenvalue weighted by molar-refractivity contribution is 9.11. The first kappa shape index (κ1) is 9.96. The second kappa shape index (κ2) is 4.80. The predicted molar refractivity (Wildman–Crippen MR) is 61.2 cm³/mol. The second-order valence-electron chi connectivity index (χ2n) is 1.82. The number of halogens is 2. The number of hydrogen-bond donors (Lipinski definition) is 0. The molecule has 0 heterocycles. The summed E-state index contributed by atoms with van der Waals surface area (Å²) >= 11 is 6.90. The Kier molecular flexibility index (Phi) is 4.34. The third-order valence-corrected chi connectivity index (χ3v) is 4.24. The van der Waals surface area contributed by atoms with Gasteiger partial charge in [-0.1, -0.05) is 37.5 Å². The van der Waals surface area contributed by atoms with Crippen LogP contribution in [-0.4, -0.2) is 6.26 Å². The lowest BCUT2D eigenvalue weighted by molar-refractivity contribution is 1.39. The summed E-state index contributed by atoms with van der Waals surface area (Å²) in [6.07, 6.45) is 2.07. The summed E-state index contributed by atoms with van der Waals surface area (Å²) in [6, 6.07) is 6.17. The van der Waals surface area contributed by atoms with Gasteiger partial charge >= 0.3 is 0 Å². The van der Waals surface area contributed by atoms with Crippen LogP contribution in [-0.2, 0) is 0 Å². The van der Waals surface area contributed by atoms with Gasteiger partial charge in [0.15, 0.2) is 0 Å². The van der Waals surface area contributed by atoms with Crippen LogP contribution in [0.25, 0.3) is 0 Å². The fourth-order valence-corrected chi connectivity index (χ4v) is 3.41. The van der Waals surface area contributed by atoms with Crippen LogP contribution in [0.1, 0.15) is 0 Å². The maximum atomic E-state index is 3.48. The number of rotatable bonds is 2. The van der Waals surface area contributed by atoms with Crippen molar-refractivity contribution >= 4 is 53.4 Å². The molecule has 0 N–H and O–H groups in total. The van der Waals surface area contributed by atoms with Gasteiger partial charge in [-0.2, -0.15) is 0 Å². The molecule has 0 radical (unpaired) electrons. The van der Waals surface area contributed by atoms with E-state index < -0.39 is 0 Å². The topological polar surface area (TPSA) is 0 Å². The van der Waals surface area contributed by atoms with Crippen LogP contribution in [0, 0.1) is 0 Å². The molecule has 4 heteroatoms. The maximum Gasteiger partial charge on any atom is 0.0336 e. The molecule has 0 aromatic heterocycles. The Morgan fingerprint density at radius 3 is 2.64 bits per heavy atom. The molecule has 0 aliphatic rings. The van der Waals surface area contributed by atoms with E-state index in [1.54, 1.807) is 21.6 Å². The summed E-state index contributed by atoms with van der Waals surface area (Å²) in [5, 5.41) is 0. The highest BCUT2D eigenvalue weighted by atomic mass is 79.9. The van der Waals surface area contributed by atoms with Gasteiger partial charge in [-0.25, -0.2) is 0 Å². The monoisotopic (exact) mass is 312 g/mol. The minimum atomic E-state index is 1.12. The predicted octanol–water partition coefficient (Wildman–Crippen LogP) is 4.58. The third kappa shape index (κ3) is 3.01. The normalized spacial score (nSPS) is 10.1. The first-order chi connectivity index (χ1) is 5.24. The first-order valence-corrected chi connectivity index (χ1v) is 7.04. The van der Waals surface area contributed by atoms with Crippen molar-refractivity contribution in [3.8, 4) is 0 Å². The third-order valence-electron chi connectivity index (χ3n) is 1.07. The zero-order valence-corrected chi connectivity index (χ0v) is 10.6. The van der Waals surface area contributed by atoms with Gasteiger partial charge in [0.25, 0.3) is 0 Å². The molecule has 0 unspecified atom stereocenters. The van der Waals surface area contributed by atoms with Gasteiger partial charge in [0.05, 0.1) is 0 Å². The molecule has 0 aliphatic heterocycles. The zero-order chi connectivity index (χ0) is 8.27. The molecule has 0 amide bonds. The van der Waals surface area contributed by atoms with E-state index in [-0.39, 0.29) is 0 Å². The fraction of sp³-hybridized carbons (Fsp3) is 0.143. The van der Waals surface area contributed by atoms with Gasteiger partial charge in [-0.3, -0.25) is 0 Å². The number of hydrogen-bond acceptors (Lipinski definition) is 2. The molecule has 0 saturated carbocycles. The van der Waals surface area contributed by atoms with Crippen molar-refractivity contribution < 1.29 is 0 Å². The Balaban J connectivity index is 2.93. The molecular weight excluding hydrogens is 308 g/mol. The van der Waals surface area contributed by atoms with Crippen LogP contribution in [0.3, 0.4) is 0 Å². The summed E-state index contributed by atoms with van der Waals surface area (Å²) in [4.78, 5) is 1.26. The molecule has 11 heavy (non-hydrogen) atoms. The Hall–Kier alpha value is 0.880. The molecule has 60 valence electrons. The summed E-state index contributed by atoms with van der Waals surface area (Å²) < 4.78 is 2.28. The molecule has 1 rings (SSSR count). The molecule has 0 nitrogen and oxygen atoms in total. The largest absolute Gasteiger partial charge is 0.0923 e. The van der Waals surface area contributed by atoms with E-state index >= 15 is 0 Å². The molecule has 0 atom stereocenters. The SMILES string of the molecule is CSSc1cc(Br)ccc1Br. The van der Waals surface area contributed by atoms with Crippen molar-refractivity contribution in [2.45, 2.75) is 4.90 Å². The van der Waals surface area contributed by atoms with Gasteiger partial charge in [0, 0.05) is 13.8 Å². The van der Waals surface area contributed by atoms with E-state index in [9.17, 15) is 0 Å². The van der Waals surface area contributed by atoms with Gasteiger partial charge in [-0.05, 0) is 40.4 Å². The van der Waals surface area contributed by atoms with Crippen molar-refractivity contribution in [1.29, 1.82) is 0 Å². The Morgan fingerprint density at radius 2 is 2.00 bits per heavy atom. The van der Waals surface area contributed by atoms with Gasteiger partial charge in [0.1, 0.15) is 0 Å². The van der Waals surface area contributed by atoms with Crippen LogP contribution in [0.2, 0.25) is 0 Å². The zero-order valence-electron chi connectivity index (χ0n) is 5.80. The second-order valence-corrected chi connectivity index (χ2v) is 6.03. The van der Waals surface area contributed by atoms with E-state index in [1.807, 2.05) is 12.1 Å². The van der Waals surface area contributed by atoms with Gasteiger partial charge < -0.3 is 0 Å². The molecule has 1 aromatic carbocycles. The van der Waals surface area contributed by atoms with Gasteiger partial charge in [-0.15, -0.1) is 0 Å². The Bertz CT molecular complexity index is 250. The lowest BCUT2D eigenvalue weighted by Gasteiger charge is -2.00. The lowest BCUT2D eigenvalue weighted by Crippen LogP contribution is -1.71. The van der Waals surface area contributed by atoms with E-state index in [0.29, 0.717) is 0 Å². The first-order valence-electron chi connectivity index (χ1n) is 2.90. The summed E-state index contributed by atoms with van der Waals surface area (Å²) in [6.45, 7) is 0. The lowest BCUT2D eigenvalue weighted by atomic mass is 10.4. The fourth-order valence-electron chi connectivity index (χ4n) is 0.631. The molecule has 1 aromatic rings. The molecule has 0 bridgehead atoms. The molecule has 0 spiro atoms. The van der Waals surface area contributed by atoms with Gasteiger partial charge in [0.2, 0.25) is 0 Å². The average molecular weight is 314 g/mol. The molecular formula is C7H6Br2S2. The maximum absolute atomic E-state index is 3.48. The molecule has 0 fully saturated rings. The van der Waals surface area contributed by atoms with Crippen molar-refractivity contribution in [1.82, 2.24) is 0 Å².